The van der Waals surface area contributed by atoms with E-state index < -0.39 is 17.0 Å². The van der Waals surface area contributed by atoms with Crippen molar-refractivity contribution >= 4 is 11.9 Å². The van der Waals surface area contributed by atoms with Crippen LogP contribution >= 0.6 is 0 Å². The molecule has 0 N–H and O–H groups in total. The van der Waals surface area contributed by atoms with Gasteiger partial charge in [-0.2, -0.15) is 0 Å². The van der Waals surface area contributed by atoms with Gasteiger partial charge in [-0.3, -0.25) is 4.79 Å². The van der Waals surface area contributed by atoms with Crippen LogP contribution in [-0.2, 0) is 23.8 Å². The van der Waals surface area contributed by atoms with Crippen LogP contribution in [-0.4, -0.2) is 36.9 Å². The number of rotatable bonds is 5. The van der Waals surface area contributed by atoms with Gasteiger partial charge in [0.05, 0.1) is 7.11 Å². The highest BCUT2D eigenvalue weighted by Gasteiger charge is 2.86. The lowest BCUT2D eigenvalue weighted by molar-refractivity contribution is -0.174. The van der Waals surface area contributed by atoms with Gasteiger partial charge in [-0.1, -0.05) is 61.9 Å². The fourth-order valence-electron chi connectivity index (χ4n) is 6.72. The Morgan fingerprint density at radius 2 is 1.68 bits per heavy atom. The molecule has 7 rings (SSSR count). The van der Waals surface area contributed by atoms with E-state index in [4.69, 9.17) is 14.2 Å². The second-order valence-corrected chi connectivity index (χ2v) is 9.27. The molecule has 0 radical (unpaired) electrons. The van der Waals surface area contributed by atoms with Crippen LogP contribution in [0.3, 0.4) is 0 Å². The highest BCUT2D eigenvalue weighted by Crippen LogP contribution is 2.72. The number of epoxide rings is 1. The second-order valence-electron chi connectivity index (χ2n) is 9.27. The number of methoxy groups -OCH3 is 1. The molecule has 4 atom stereocenters. The molecule has 5 nitrogen and oxygen atoms in total. The smallest absolute Gasteiger partial charge is 0.342 e. The van der Waals surface area contributed by atoms with E-state index in [0.29, 0.717) is 6.42 Å². The summed E-state index contributed by atoms with van der Waals surface area (Å²) in [5.74, 6) is -1.06. The molecule has 0 aromatic heterocycles. The minimum atomic E-state index is -1.26. The first-order chi connectivity index (χ1) is 15.1. The lowest BCUT2D eigenvalue weighted by Crippen LogP contribution is -2.58. The molecule has 2 aromatic carbocycles. The van der Waals surface area contributed by atoms with E-state index in [1.807, 2.05) is 24.3 Å². The maximum Gasteiger partial charge on any atom is 0.342 e. The van der Waals surface area contributed by atoms with Crippen LogP contribution in [0.4, 0.5) is 0 Å². The Kier molecular flexibility index (Phi) is 3.95. The standard InChI is InChI=1S/C26H26O5/c1-3-4-13-20-22-26(31-22,24(28)30-20)25(23(27)29-2)14-19-15-9-5-7-11-17(15)21(25)18-12-8-6-10-16(18)19/h5-12,19-22H,3-4,13-14H2,1-2H3/t19?,20-,21?,22-,25-,26-/m0/s1. The minimum Gasteiger partial charge on any atom is -0.468 e. The summed E-state index contributed by atoms with van der Waals surface area (Å²) in [4.78, 5) is 27.1. The highest BCUT2D eigenvalue weighted by molar-refractivity contribution is 5.98. The Bertz CT molecular complexity index is 1050. The number of esters is 2. The maximum atomic E-state index is 13.7. The van der Waals surface area contributed by atoms with E-state index in [1.54, 1.807) is 0 Å². The normalized spacial score (nSPS) is 36.3. The molecule has 2 aromatic rings. The fourth-order valence-corrected chi connectivity index (χ4v) is 6.72. The Labute approximate surface area is 181 Å². The first-order valence-corrected chi connectivity index (χ1v) is 11.2. The number of cyclic esters (lactones) is 1. The largest absolute Gasteiger partial charge is 0.468 e. The van der Waals surface area contributed by atoms with Crippen molar-refractivity contribution in [2.45, 2.75) is 62.3 Å². The van der Waals surface area contributed by atoms with Crippen LogP contribution in [0.1, 0.15) is 66.7 Å². The van der Waals surface area contributed by atoms with Crippen molar-refractivity contribution < 1.29 is 23.8 Å². The first-order valence-electron chi connectivity index (χ1n) is 11.2. The van der Waals surface area contributed by atoms with Gasteiger partial charge in [0.1, 0.15) is 17.6 Å². The lowest BCUT2D eigenvalue weighted by atomic mass is 9.47. The first kappa shape index (κ1) is 19.1. The summed E-state index contributed by atoms with van der Waals surface area (Å²) in [6.07, 6.45) is 2.54. The van der Waals surface area contributed by atoms with Gasteiger partial charge in [-0.25, -0.2) is 4.79 Å². The summed E-state index contributed by atoms with van der Waals surface area (Å²) < 4.78 is 17.5. The predicted octanol–water partition coefficient (Wildman–Crippen LogP) is 4.08. The second kappa shape index (κ2) is 6.42. The monoisotopic (exact) mass is 418 g/mol. The van der Waals surface area contributed by atoms with Crippen molar-refractivity contribution in [1.82, 2.24) is 0 Å². The average Bonchev–Trinajstić information content (AvgIpc) is 3.52. The van der Waals surface area contributed by atoms with Gasteiger partial charge in [-0.15, -0.1) is 0 Å². The Hall–Kier alpha value is -2.66. The summed E-state index contributed by atoms with van der Waals surface area (Å²) in [6.45, 7) is 2.11. The molecule has 5 heteroatoms. The molecule has 0 spiro atoms. The zero-order valence-electron chi connectivity index (χ0n) is 17.8. The number of carbonyl (C=O) groups is 2. The SMILES string of the molecule is CCCC[C@@H]1OC(=O)[C@@]2([C@@]3(C(=O)OC)CC4c5ccccc5C3c3ccccc34)O[C@@H]12. The molecular formula is C26H26O5. The van der Waals surface area contributed by atoms with Crippen molar-refractivity contribution in [1.29, 1.82) is 0 Å². The zero-order valence-corrected chi connectivity index (χ0v) is 17.8. The molecule has 0 amide bonds. The molecule has 0 saturated carbocycles. The van der Waals surface area contributed by atoms with Crippen molar-refractivity contribution in [3.63, 3.8) is 0 Å². The molecule has 2 aliphatic heterocycles. The number of hydrogen-bond donors (Lipinski definition) is 0. The molecule has 5 aliphatic rings. The van der Waals surface area contributed by atoms with E-state index in [1.165, 1.54) is 18.2 Å². The number of hydrogen-bond acceptors (Lipinski definition) is 5. The minimum absolute atomic E-state index is 0.0122. The lowest BCUT2D eigenvalue weighted by Gasteiger charge is -2.52. The molecule has 0 unspecified atom stereocenters. The van der Waals surface area contributed by atoms with Crippen LogP contribution in [0.5, 0.6) is 0 Å². The molecule has 2 bridgehead atoms. The molecule has 160 valence electrons. The molecule has 31 heavy (non-hydrogen) atoms. The number of fused-ring (bicyclic) bond motifs is 3. The quantitative estimate of drug-likeness (QED) is 0.541. The van der Waals surface area contributed by atoms with Crippen molar-refractivity contribution in [3.8, 4) is 0 Å². The third-order valence-electron chi connectivity index (χ3n) is 7.99. The Morgan fingerprint density at radius 1 is 1.06 bits per heavy atom. The molecule has 3 aliphatic carbocycles. The third kappa shape index (κ3) is 2.15. The molecule has 2 saturated heterocycles. The maximum absolute atomic E-state index is 13.7. The predicted molar refractivity (Wildman–Crippen MR) is 113 cm³/mol. The third-order valence-corrected chi connectivity index (χ3v) is 7.99. The number of benzene rings is 2. The number of ether oxygens (including phenoxy) is 3. The number of unbranched alkanes of at least 4 members (excludes halogenated alkanes) is 1. The summed E-state index contributed by atoms with van der Waals surface area (Å²) in [7, 11) is 1.41. The van der Waals surface area contributed by atoms with E-state index in [2.05, 4.69) is 31.2 Å². The Balaban J connectivity index is 1.56. The summed E-state index contributed by atoms with van der Waals surface area (Å²) >= 11 is 0. The Morgan fingerprint density at radius 3 is 2.23 bits per heavy atom. The van der Waals surface area contributed by atoms with E-state index in [0.717, 1.165) is 30.4 Å². The molecule has 2 heterocycles. The highest BCUT2D eigenvalue weighted by atomic mass is 16.7. The van der Waals surface area contributed by atoms with Crippen LogP contribution in [0, 0.1) is 5.41 Å². The van der Waals surface area contributed by atoms with Gasteiger partial charge < -0.3 is 14.2 Å². The zero-order chi connectivity index (χ0) is 21.4. The molecular weight excluding hydrogens is 392 g/mol. The van der Waals surface area contributed by atoms with Crippen molar-refractivity contribution in [2.24, 2.45) is 5.41 Å². The van der Waals surface area contributed by atoms with Crippen LogP contribution < -0.4 is 0 Å². The van der Waals surface area contributed by atoms with Crippen LogP contribution in [0.2, 0.25) is 0 Å². The summed E-state index contributed by atoms with van der Waals surface area (Å²) in [5.41, 5.74) is 2.26. The fraction of sp³-hybridized carbons (Fsp3) is 0.462. The van der Waals surface area contributed by atoms with Crippen molar-refractivity contribution in [2.75, 3.05) is 7.11 Å². The van der Waals surface area contributed by atoms with Crippen LogP contribution in [0.25, 0.3) is 0 Å². The van der Waals surface area contributed by atoms with Gasteiger partial charge in [0.15, 0.2) is 0 Å². The average molecular weight is 418 g/mol. The van der Waals surface area contributed by atoms with Gasteiger partial charge >= 0.3 is 11.9 Å². The van der Waals surface area contributed by atoms with Gasteiger partial charge in [0.25, 0.3) is 0 Å². The van der Waals surface area contributed by atoms with Crippen LogP contribution in [0.15, 0.2) is 48.5 Å². The van der Waals surface area contributed by atoms with E-state index in [-0.39, 0.29) is 30.0 Å². The summed E-state index contributed by atoms with van der Waals surface area (Å²) in [6, 6.07) is 16.6. The topological polar surface area (TPSA) is 65.1 Å². The van der Waals surface area contributed by atoms with Gasteiger partial charge in [0.2, 0.25) is 5.60 Å². The summed E-state index contributed by atoms with van der Waals surface area (Å²) in [5, 5.41) is 0. The number of carbonyl (C=O) groups excluding carboxylic acids is 2. The molecule has 2 fully saturated rings. The van der Waals surface area contributed by atoms with Gasteiger partial charge in [0, 0.05) is 11.8 Å². The van der Waals surface area contributed by atoms with Crippen molar-refractivity contribution in [3.05, 3.63) is 70.8 Å². The van der Waals surface area contributed by atoms with Gasteiger partial charge in [-0.05, 0) is 41.5 Å². The van der Waals surface area contributed by atoms with E-state index >= 15 is 0 Å². The van der Waals surface area contributed by atoms with E-state index in [9.17, 15) is 9.59 Å².